The standard InChI is InChI=1S/C25H30N5O5S/c1-26-35-36(33)28-21-10-11-23(20-9-6-13-27-25(20)21)34-17-24(32)29(2)22(18-7-4-3-5-8-18)16-30-14-12-19(31)15-30/h3-11,13,19,22,26,31H,12,14-17H2,1-2H3/q-1/t19-,22?/m0/s1. The van der Waals surface area contributed by atoms with E-state index in [1.165, 1.54) is 7.05 Å². The Labute approximate surface area is 212 Å². The lowest BCUT2D eigenvalue weighted by atomic mass is 10.0. The fourth-order valence-electron chi connectivity index (χ4n) is 4.27. The molecule has 4 rings (SSSR count). The van der Waals surface area contributed by atoms with Crippen LogP contribution in [0.3, 0.4) is 0 Å². The molecular weight excluding hydrogens is 482 g/mol. The molecule has 0 aliphatic carbocycles. The number of rotatable bonds is 10. The van der Waals surface area contributed by atoms with Crippen molar-refractivity contribution in [3.05, 3.63) is 66.4 Å². The summed E-state index contributed by atoms with van der Waals surface area (Å²) in [6.07, 6.45) is 2.01. The van der Waals surface area contributed by atoms with Gasteiger partial charge >= 0.3 is 0 Å². The average molecular weight is 513 g/mol. The van der Waals surface area contributed by atoms with Crippen LogP contribution in [-0.4, -0.2) is 72.2 Å². The lowest BCUT2D eigenvalue weighted by Gasteiger charge is -2.32. The molecule has 3 aromatic rings. The number of β-amino-alcohol motifs (C(OH)–C–C–N with tert-alkyl or cyclic N) is 1. The van der Waals surface area contributed by atoms with Crippen molar-refractivity contribution in [3.63, 3.8) is 0 Å². The van der Waals surface area contributed by atoms with Gasteiger partial charge in [0.15, 0.2) is 6.61 Å². The van der Waals surface area contributed by atoms with Gasteiger partial charge in [0.1, 0.15) is 5.75 Å². The number of carbonyl (C=O) groups excluding carboxylic acids is 1. The number of aromatic nitrogens is 1. The van der Waals surface area contributed by atoms with E-state index in [0.717, 1.165) is 18.5 Å². The molecule has 0 saturated carbocycles. The predicted molar refractivity (Wildman–Crippen MR) is 137 cm³/mol. The van der Waals surface area contributed by atoms with Crippen LogP contribution in [0, 0.1) is 0 Å². The van der Waals surface area contributed by atoms with Crippen molar-refractivity contribution >= 4 is 33.4 Å². The normalized spacial score (nSPS) is 17.8. The van der Waals surface area contributed by atoms with Gasteiger partial charge < -0.3 is 27.6 Å². The first-order valence-electron chi connectivity index (χ1n) is 11.7. The summed E-state index contributed by atoms with van der Waals surface area (Å²) >= 11 is 0. The second-order valence-corrected chi connectivity index (χ2v) is 9.28. The molecule has 1 aliphatic rings. The van der Waals surface area contributed by atoms with Crippen LogP contribution < -0.4 is 10.2 Å². The van der Waals surface area contributed by atoms with E-state index in [2.05, 4.69) is 19.7 Å². The highest BCUT2D eigenvalue weighted by Crippen LogP contribution is 2.32. The Morgan fingerprint density at radius 1 is 1.28 bits per heavy atom. The zero-order chi connectivity index (χ0) is 25.5. The van der Waals surface area contributed by atoms with Crippen LogP contribution in [-0.2, 0) is 24.2 Å². The fourth-order valence-corrected chi connectivity index (χ4v) is 4.75. The third-order valence-corrected chi connectivity index (χ3v) is 6.77. The maximum Gasteiger partial charge on any atom is 0.260 e. The third kappa shape index (κ3) is 6.37. The summed E-state index contributed by atoms with van der Waals surface area (Å²) in [7, 11) is 1.34. The lowest BCUT2D eigenvalue weighted by Crippen LogP contribution is -2.40. The van der Waals surface area contributed by atoms with Crippen LogP contribution >= 0.6 is 0 Å². The molecule has 1 unspecified atom stereocenters. The number of amides is 1. The summed E-state index contributed by atoms with van der Waals surface area (Å²) in [5.74, 6) is 0.288. The van der Waals surface area contributed by atoms with Crippen molar-refractivity contribution in [1.29, 1.82) is 0 Å². The highest BCUT2D eigenvalue weighted by Gasteiger charge is 2.28. The van der Waals surface area contributed by atoms with E-state index in [4.69, 9.17) is 9.02 Å². The van der Waals surface area contributed by atoms with E-state index in [9.17, 15) is 14.1 Å². The van der Waals surface area contributed by atoms with Crippen LogP contribution in [0.25, 0.3) is 10.9 Å². The summed E-state index contributed by atoms with van der Waals surface area (Å²) in [6.45, 7) is 1.85. The first-order valence-corrected chi connectivity index (χ1v) is 12.7. The Morgan fingerprint density at radius 2 is 2.08 bits per heavy atom. The van der Waals surface area contributed by atoms with Crippen molar-refractivity contribution < 1.29 is 23.1 Å². The molecule has 2 aromatic carbocycles. The van der Waals surface area contributed by atoms with Gasteiger partial charge in [0, 0.05) is 45.3 Å². The number of carbonyl (C=O) groups is 1. The van der Waals surface area contributed by atoms with Crippen molar-refractivity contribution in [3.8, 4) is 5.75 Å². The highest BCUT2D eigenvalue weighted by molar-refractivity contribution is 7.69. The first kappa shape index (κ1) is 26.0. The number of pyridine rings is 1. The Kier molecular flexibility index (Phi) is 8.83. The summed E-state index contributed by atoms with van der Waals surface area (Å²) < 4.78 is 26.6. The molecule has 11 heteroatoms. The molecule has 2 N–H and O–H groups in total. The van der Waals surface area contributed by atoms with Crippen molar-refractivity contribution in [2.45, 2.75) is 18.6 Å². The van der Waals surface area contributed by atoms with Crippen molar-refractivity contribution in [1.82, 2.24) is 20.3 Å². The quantitative estimate of drug-likeness (QED) is 0.315. The number of nitrogens with zero attached hydrogens (tertiary/aromatic N) is 4. The molecule has 36 heavy (non-hydrogen) atoms. The zero-order valence-electron chi connectivity index (χ0n) is 20.2. The first-order chi connectivity index (χ1) is 17.5. The summed E-state index contributed by atoms with van der Waals surface area (Å²) in [5.41, 5.74) is 4.23. The number of ether oxygens (including phenoxy) is 1. The van der Waals surface area contributed by atoms with E-state index in [1.807, 2.05) is 30.3 Å². The summed E-state index contributed by atoms with van der Waals surface area (Å²) in [5, 5.41) is 10.6. The summed E-state index contributed by atoms with van der Waals surface area (Å²) in [4.78, 5) is 21.4. The van der Waals surface area contributed by atoms with E-state index in [0.29, 0.717) is 35.4 Å². The second kappa shape index (κ2) is 12.2. The van der Waals surface area contributed by atoms with Gasteiger partial charge in [-0.15, -0.1) is 0 Å². The lowest BCUT2D eigenvalue weighted by molar-refractivity contribution is -0.134. The number of aliphatic hydroxyl groups excluding tert-OH is 1. The number of benzene rings is 2. The van der Waals surface area contributed by atoms with Crippen LogP contribution in [0.2, 0.25) is 0 Å². The van der Waals surface area contributed by atoms with Crippen LogP contribution in [0.1, 0.15) is 18.0 Å². The number of hydroxylamine groups is 1. The molecular formula is C25H30N5O5S-. The Bertz CT molecular complexity index is 1270. The van der Waals surface area contributed by atoms with Crippen molar-refractivity contribution in [2.24, 2.45) is 4.36 Å². The number of hydrogen-bond acceptors (Lipinski definition) is 10. The van der Waals surface area contributed by atoms with Gasteiger partial charge in [-0.05, 0) is 47.1 Å². The van der Waals surface area contributed by atoms with Gasteiger partial charge in [0.05, 0.1) is 23.3 Å². The SMILES string of the molecule is CNO[S-](=O)=Nc1ccc(OCC(=O)N(C)C(CN2CC[C@H](O)C2)c2ccccc2)c2cccnc12. The molecule has 2 heterocycles. The molecule has 1 aliphatic heterocycles. The van der Waals surface area contributed by atoms with Gasteiger partial charge in [-0.1, -0.05) is 30.3 Å². The molecule has 0 spiro atoms. The van der Waals surface area contributed by atoms with Crippen LogP contribution in [0.15, 0.2) is 65.2 Å². The van der Waals surface area contributed by atoms with Gasteiger partial charge in [-0.3, -0.25) is 14.7 Å². The molecule has 0 bridgehead atoms. The maximum atomic E-state index is 13.2. The van der Waals surface area contributed by atoms with Gasteiger partial charge in [-0.2, -0.15) is 0 Å². The Hall–Kier alpha value is -3.09. The van der Waals surface area contributed by atoms with Crippen LogP contribution in [0.5, 0.6) is 5.75 Å². The molecule has 0 radical (unpaired) electrons. The molecule has 1 amide bonds. The second-order valence-electron chi connectivity index (χ2n) is 8.50. The topological polar surface area (TPSA) is 117 Å². The maximum absolute atomic E-state index is 13.2. The van der Waals surface area contributed by atoms with Gasteiger partial charge in [-0.25, -0.2) is 5.48 Å². The number of fused-ring (bicyclic) bond motifs is 1. The third-order valence-electron chi connectivity index (χ3n) is 6.11. The van der Waals surface area contributed by atoms with Gasteiger partial charge in [0.25, 0.3) is 5.91 Å². The van der Waals surface area contributed by atoms with E-state index < -0.39 is 10.9 Å². The average Bonchev–Trinajstić information content (AvgIpc) is 3.31. The number of nitrogens with one attached hydrogen (secondary N) is 1. The molecule has 1 aromatic heterocycles. The fraction of sp³-hybridized carbons (Fsp3) is 0.360. The minimum Gasteiger partial charge on any atom is -0.483 e. The number of likely N-dealkylation sites (N-methyl/N-ethyl adjacent to an activating group) is 1. The molecule has 2 atom stereocenters. The monoisotopic (exact) mass is 512 g/mol. The number of aliphatic hydroxyl groups is 1. The Balaban J connectivity index is 1.51. The van der Waals surface area contributed by atoms with E-state index in [1.54, 1.807) is 42.4 Å². The summed E-state index contributed by atoms with van der Waals surface area (Å²) in [6, 6.07) is 16.5. The van der Waals surface area contributed by atoms with Crippen molar-refractivity contribution in [2.75, 3.05) is 40.3 Å². The van der Waals surface area contributed by atoms with Gasteiger partial charge in [0.2, 0.25) is 0 Å². The van der Waals surface area contributed by atoms with E-state index >= 15 is 0 Å². The minimum atomic E-state index is -1.93. The zero-order valence-corrected chi connectivity index (χ0v) is 21.1. The Morgan fingerprint density at radius 3 is 2.81 bits per heavy atom. The largest absolute Gasteiger partial charge is 0.483 e. The van der Waals surface area contributed by atoms with E-state index in [-0.39, 0.29) is 24.7 Å². The smallest absolute Gasteiger partial charge is 0.260 e. The van der Waals surface area contributed by atoms with Crippen LogP contribution in [0.4, 0.5) is 5.69 Å². The number of likely N-dealkylation sites (tertiary alicyclic amines) is 1. The molecule has 192 valence electrons. The minimum absolute atomic E-state index is 0.169. The molecule has 1 fully saturated rings. The highest BCUT2D eigenvalue weighted by atomic mass is 32.2. The number of hydrogen-bond donors (Lipinski definition) is 2. The predicted octanol–water partition coefficient (Wildman–Crippen LogP) is 2.72. The molecule has 1 saturated heterocycles. The molecule has 10 nitrogen and oxygen atoms in total.